The van der Waals surface area contributed by atoms with Gasteiger partial charge in [0.25, 0.3) is 0 Å². The number of carbonyl (C=O) groups is 1. The quantitative estimate of drug-likeness (QED) is 0.521. The average molecular weight is 348 g/mol. The zero-order valence-electron chi connectivity index (χ0n) is 12.7. The highest BCUT2D eigenvalue weighted by Crippen LogP contribution is 2.33. The van der Waals surface area contributed by atoms with Crippen molar-refractivity contribution < 1.29 is 13.9 Å². The molecule has 7 heteroatoms. The number of esters is 1. The molecule has 0 radical (unpaired) electrons. The number of benzene rings is 1. The zero-order chi connectivity index (χ0) is 16.6. The van der Waals surface area contributed by atoms with Gasteiger partial charge in [0.2, 0.25) is 0 Å². The first-order valence-electron chi connectivity index (χ1n) is 6.74. The van der Waals surface area contributed by atoms with Gasteiger partial charge < -0.3 is 4.74 Å². The minimum atomic E-state index is -0.539. The number of aromatic nitrogens is 2. The van der Waals surface area contributed by atoms with Gasteiger partial charge in [0, 0.05) is 5.56 Å². The first-order chi connectivity index (χ1) is 11.0. The molecule has 23 heavy (non-hydrogen) atoms. The maximum absolute atomic E-state index is 13.5. The van der Waals surface area contributed by atoms with Crippen LogP contribution in [0.3, 0.4) is 0 Å². The Bertz CT molecular complexity index is 908. The van der Waals surface area contributed by atoms with Gasteiger partial charge in [-0.3, -0.25) is 0 Å². The van der Waals surface area contributed by atoms with Crippen LogP contribution in [-0.2, 0) is 4.74 Å². The second-order valence-corrected chi connectivity index (χ2v) is 6.93. The molecule has 0 fully saturated rings. The molecule has 1 aromatic carbocycles. The maximum atomic E-state index is 13.5. The molecular formula is C16H13FN2O2S2. The molecule has 118 valence electrons. The number of hydrogen-bond donors (Lipinski definition) is 0. The van der Waals surface area contributed by atoms with E-state index in [-0.39, 0.29) is 11.5 Å². The van der Waals surface area contributed by atoms with E-state index in [1.807, 2.05) is 12.3 Å². The SMILES string of the molecule is COC(=O)c1nc2nc(SC)sc2cc1-c1ccc(F)c(C)c1. The Hall–Kier alpha value is -1.99. The molecule has 0 N–H and O–H groups in total. The Morgan fingerprint density at radius 1 is 1.30 bits per heavy atom. The van der Waals surface area contributed by atoms with Crippen molar-refractivity contribution in [2.45, 2.75) is 11.3 Å². The highest BCUT2D eigenvalue weighted by atomic mass is 32.2. The minimum Gasteiger partial charge on any atom is -0.464 e. The van der Waals surface area contributed by atoms with Crippen LogP contribution in [-0.4, -0.2) is 29.3 Å². The Labute approximate surface area is 140 Å². The standard InChI is InChI=1S/C16H13FN2O2S2/c1-8-6-9(4-5-11(8)17)10-7-12-14(19-16(22-3)23-12)18-13(10)15(20)21-2/h4-7H,1-3H3. The molecule has 0 aliphatic heterocycles. The first kappa shape index (κ1) is 15.9. The van der Waals surface area contributed by atoms with Gasteiger partial charge in [-0.05, 0) is 42.5 Å². The minimum absolute atomic E-state index is 0.184. The third kappa shape index (κ3) is 2.94. The maximum Gasteiger partial charge on any atom is 0.357 e. The van der Waals surface area contributed by atoms with E-state index in [1.165, 1.54) is 36.3 Å². The Morgan fingerprint density at radius 2 is 2.09 bits per heavy atom. The summed E-state index contributed by atoms with van der Waals surface area (Å²) in [7, 11) is 1.31. The molecule has 0 spiro atoms. The van der Waals surface area contributed by atoms with Crippen molar-refractivity contribution in [2.75, 3.05) is 13.4 Å². The van der Waals surface area contributed by atoms with Crippen LogP contribution in [0.15, 0.2) is 28.6 Å². The number of fused-ring (bicyclic) bond motifs is 1. The number of aryl methyl sites for hydroxylation is 1. The summed E-state index contributed by atoms with van der Waals surface area (Å²) in [5.41, 5.74) is 2.54. The topological polar surface area (TPSA) is 52.1 Å². The summed E-state index contributed by atoms with van der Waals surface area (Å²) < 4.78 is 20.1. The van der Waals surface area contributed by atoms with E-state index < -0.39 is 5.97 Å². The molecule has 3 aromatic rings. The third-order valence-electron chi connectivity index (χ3n) is 3.39. The number of hydrogen-bond acceptors (Lipinski definition) is 6. The van der Waals surface area contributed by atoms with Crippen LogP contribution in [0.4, 0.5) is 4.39 Å². The van der Waals surface area contributed by atoms with Crippen molar-refractivity contribution in [3.05, 3.63) is 41.3 Å². The predicted octanol–water partition coefficient (Wildman–Crippen LogP) is 4.31. The molecule has 0 unspecified atom stereocenters. The number of thioether (sulfide) groups is 1. The number of nitrogens with zero attached hydrogens (tertiary/aromatic N) is 2. The fourth-order valence-electron chi connectivity index (χ4n) is 2.22. The summed E-state index contributed by atoms with van der Waals surface area (Å²) in [6.45, 7) is 1.68. The van der Waals surface area contributed by atoms with E-state index in [0.717, 1.165) is 14.6 Å². The van der Waals surface area contributed by atoms with Crippen LogP contribution >= 0.6 is 23.1 Å². The second kappa shape index (κ2) is 6.25. The first-order valence-corrected chi connectivity index (χ1v) is 8.78. The molecule has 0 aliphatic rings. The predicted molar refractivity (Wildman–Crippen MR) is 90.7 cm³/mol. The summed E-state index contributed by atoms with van der Waals surface area (Å²) in [5, 5.41) is 0. The van der Waals surface area contributed by atoms with Gasteiger partial charge in [0.05, 0.1) is 11.8 Å². The van der Waals surface area contributed by atoms with Gasteiger partial charge in [-0.1, -0.05) is 17.8 Å². The lowest BCUT2D eigenvalue weighted by Gasteiger charge is -2.08. The summed E-state index contributed by atoms with van der Waals surface area (Å²) in [6.07, 6.45) is 1.93. The van der Waals surface area contributed by atoms with Crippen molar-refractivity contribution >= 4 is 39.4 Å². The lowest BCUT2D eigenvalue weighted by molar-refractivity contribution is 0.0595. The Balaban J connectivity index is 2.27. The number of carbonyl (C=O) groups excluding carboxylic acids is 1. The monoisotopic (exact) mass is 348 g/mol. The fraction of sp³-hybridized carbons (Fsp3) is 0.188. The van der Waals surface area contributed by atoms with Gasteiger partial charge in [-0.25, -0.2) is 19.2 Å². The zero-order valence-corrected chi connectivity index (χ0v) is 14.3. The molecule has 3 rings (SSSR count). The van der Waals surface area contributed by atoms with E-state index in [4.69, 9.17) is 4.74 Å². The molecule has 0 amide bonds. The van der Waals surface area contributed by atoms with E-state index >= 15 is 0 Å². The van der Waals surface area contributed by atoms with Crippen LogP contribution in [0.2, 0.25) is 0 Å². The number of thiazole rings is 1. The van der Waals surface area contributed by atoms with Crippen LogP contribution in [0.1, 0.15) is 16.1 Å². The van der Waals surface area contributed by atoms with Gasteiger partial charge in [-0.2, -0.15) is 0 Å². The largest absolute Gasteiger partial charge is 0.464 e. The van der Waals surface area contributed by atoms with Crippen molar-refractivity contribution in [3.63, 3.8) is 0 Å². The second-order valence-electron chi connectivity index (χ2n) is 4.85. The van der Waals surface area contributed by atoms with E-state index in [2.05, 4.69) is 9.97 Å². The summed E-state index contributed by atoms with van der Waals surface area (Å²) in [6, 6.07) is 6.57. The normalized spacial score (nSPS) is 11.0. The molecule has 0 saturated carbocycles. The van der Waals surface area contributed by atoms with Gasteiger partial charge in [0.15, 0.2) is 15.7 Å². The Morgan fingerprint density at radius 3 is 2.74 bits per heavy atom. The molecule has 0 bridgehead atoms. The molecule has 2 heterocycles. The highest BCUT2D eigenvalue weighted by Gasteiger charge is 2.19. The number of rotatable bonds is 3. The lowest BCUT2D eigenvalue weighted by Crippen LogP contribution is -2.07. The fourth-order valence-corrected chi connectivity index (χ4v) is 3.68. The summed E-state index contributed by atoms with van der Waals surface area (Å²) >= 11 is 3.03. The van der Waals surface area contributed by atoms with E-state index in [9.17, 15) is 9.18 Å². The van der Waals surface area contributed by atoms with Crippen LogP contribution < -0.4 is 0 Å². The number of pyridine rings is 1. The molecule has 4 nitrogen and oxygen atoms in total. The van der Waals surface area contributed by atoms with E-state index in [0.29, 0.717) is 16.8 Å². The number of methoxy groups -OCH3 is 1. The molecule has 0 atom stereocenters. The van der Waals surface area contributed by atoms with Crippen molar-refractivity contribution in [1.29, 1.82) is 0 Å². The summed E-state index contributed by atoms with van der Waals surface area (Å²) in [4.78, 5) is 20.8. The number of halogens is 1. The smallest absolute Gasteiger partial charge is 0.357 e. The summed E-state index contributed by atoms with van der Waals surface area (Å²) in [5.74, 6) is -0.826. The molecule has 0 aliphatic carbocycles. The van der Waals surface area contributed by atoms with Gasteiger partial charge in [-0.15, -0.1) is 11.3 Å². The number of ether oxygens (including phenoxy) is 1. The lowest BCUT2D eigenvalue weighted by atomic mass is 10.0. The van der Waals surface area contributed by atoms with Gasteiger partial charge in [0.1, 0.15) is 5.82 Å². The van der Waals surface area contributed by atoms with Crippen molar-refractivity contribution in [1.82, 2.24) is 9.97 Å². The van der Waals surface area contributed by atoms with Crippen molar-refractivity contribution in [3.8, 4) is 11.1 Å². The van der Waals surface area contributed by atoms with Crippen LogP contribution in [0, 0.1) is 12.7 Å². The Kier molecular flexibility index (Phi) is 4.32. The molecule has 0 saturated heterocycles. The molecule has 2 aromatic heterocycles. The highest BCUT2D eigenvalue weighted by molar-refractivity contribution is 8.00. The van der Waals surface area contributed by atoms with Crippen LogP contribution in [0.5, 0.6) is 0 Å². The third-order valence-corrected chi connectivity index (χ3v) is 5.36. The molecular weight excluding hydrogens is 335 g/mol. The van der Waals surface area contributed by atoms with Crippen molar-refractivity contribution in [2.24, 2.45) is 0 Å². The van der Waals surface area contributed by atoms with E-state index in [1.54, 1.807) is 19.1 Å². The van der Waals surface area contributed by atoms with Crippen LogP contribution in [0.25, 0.3) is 21.5 Å². The van der Waals surface area contributed by atoms with Gasteiger partial charge >= 0.3 is 5.97 Å². The average Bonchev–Trinajstić information content (AvgIpc) is 2.97.